The number of hydrogen-bond donors (Lipinski definition) is 2. The number of carbonyl (C=O) groups excluding carboxylic acids is 1. The van der Waals surface area contributed by atoms with E-state index < -0.39 is 17.8 Å². The first kappa shape index (κ1) is 21.6. The summed E-state index contributed by atoms with van der Waals surface area (Å²) >= 11 is 0. The Morgan fingerprint density at radius 2 is 2.12 bits per heavy atom. The molecule has 1 aromatic rings. The van der Waals surface area contributed by atoms with Crippen LogP contribution in [0.2, 0.25) is 0 Å². The summed E-state index contributed by atoms with van der Waals surface area (Å²) in [6.07, 6.45) is -2.06. The molecule has 2 N–H and O–H groups in total. The van der Waals surface area contributed by atoms with Gasteiger partial charge in [-0.15, -0.1) is 12.4 Å². The molecule has 2 rings (SSSR count). The van der Waals surface area contributed by atoms with E-state index in [1.807, 2.05) is 6.92 Å². The minimum atomic E-state index is -4.47. The summed E-state index contributed by atoms with van der Waals surface area (Å²) in [6.45, 7) is 2.92. The molecule has 1 heterocycles. The van der Waals surface area contributed by atoms with Gasteiger partial charge in [-0.05, 0) is 37.9 Å². The smallest absolute Gasteiger partial charge is 0.419 e. The van der Waals surface area contributed by atoms with Gasteiger partial charge in [-0.25, -0.2) is 0 Å². The molecule has 1 fully saturated rings. The van der Waals surface area contributed by atoms with E-state index >= 15 is 0 Å². The maximum atomic E-state index is 13.0. The first-order valence-electron chi connectivity index (χ1n) is 8.23. The van der Waals surface area contributed by atoms with Crippen LogP contribution in [0.25, 0.3) is 0 Å². The summed E-state index contributed by atoms with van der Waals surface area (Å²) in [5.74, 6) is -0.316. The van der Waals surface area contributed by atoms with Crippen molar-refractivity contribution in [3.8, 4) is 5.75 Å². The average Bonchev–Trinajstić information content (AvgIpc) is 3.03. The summed E-state index contributed by atoms with van der Waals surface area (Å²) in [4.78, 5) is 11.9. The average molecular weight is 381 g/mol. The highest BCUT2D eigenvalue weighted by Gasteiger charge is 2.34. The molecule has 0 bridgehead atoms. The van der Waals surface area contributed by atoms with E-state index in [-0.39, 0.29) is 36.7 Å². The minimum Gasteiger partial charge on any atom is -0.488 e. The van der Waals surface area contributed by atoms with Crippen molar-refractivity contribution in [3.05, 3.63) is 29.8 Å². The first-order valence-corrected chi connectivity index (χ1v) is 8.23. The number of ether oxygens (including phenoxy) is 1. The van der Waals surface area contributed by atoms with Crippen LogP contribution >= 0.6 is 12.4 Å². The van der Waals surface area contributed by atoms with E-state index in [9.17, 15) is 18.0 Å². The maximum absolute atomic E-state index is 13.0. The molecule has 0 aliphatic carbocycles. The van der Waals surface area contributed by atoms with Crippen LogP contribution in [0.4, 0.5) is 13.2 Å². The molecule has 1 aliphatic rings. The summed E-state index contributed by atoms with van der Waals surface area (Å²) in [5.41, 5.74) is -0.801. The molecular weight excluding hydrogens is 357 g/mol. The van der Waals surface area contributed by atoms with Crippen molar-refractivity contribution in [3.63, 3.8) is 0 Å². The number of halogens is 4. The number of hydrogen-bond acceptors (Lipinski definition) is 3. The zero-order valence-corrected chi connectivity index (χ0v) is 14.9. The maximum Gasteiger partial charge on any atom is 0.419 e. The Morgan fingerprint density at radius 1 is 1.40 bits per heavy atom. The van der Waals surface area contributed by atoms with E-state index in [4.69, 9.17) is 4.74 Å². The number of benzene rings is 1. The molecule has 2 unspecified atom stereocenters. The Hall–Kier alpha value is -1.47. The Labute approximate surface area is 151 Å². The Morgan fingerprint density at radius 3 is 2.72 bits per heavy atom. The number of rotatable bonds is 7. The van der Waals surface area contributed by atoms with Crippen LogP contribution in [0.5, 0.6) is 5.75 Å². The van der Waals surface area contributed by atoms with E-state index in [1.165, 1.54) is 18.2 Å². The van der Waals surface area contributed by atoms with Crippen molar-refractivity contribution in [2.24, 2.45) is 0 Å². The highest BCUT2D eigenvalue weighted by atomic mass is 35.5. The van der Waals surface area contributed by atoms with Gasteiger partial charge in [0.25, 0.3) is 0 Å². The SMILES string of the molecule is CCC(CNC(=O)CC1CCCN1)Oc1ccccc1C(F)(F)F.Cl. The molecule has 25 heavy (non-hydrogen) atoms. The van der Waals surface area contributed by atoms with Crippen molar-refractivity contribution in [1.29, 1.82) is 0 Å². The molecule has 0 saturated carbocycles. The zero-order valence-electron chi connectivity index (χ0n) is 14.1. The quantitative estimate of drug-likeness (QED) is 0.760. The molecule has 142 valence electrons. The van der Waals surface area contributed by atoms with Gasteiger partial charge < -0.3 is 15.4 Å². The summed E-state index contributed by atoms with van der Waals surface area (Å²) in [5, 5.41) is 5.99. The zero-order chi connectivity index (χ0) is 17.6. The van der Waals surface area contributed by atoms with Crippen molar-refractivity contribution >= 4 is 18.3 Å². The highest BCUT2D eigenvalue weighted by molar-refractivity contribution is 5.85. The van der Waals surface area contributed by atoms with Crippen molar-refractivity contribution in [2.45, 2.75) is 50.9 Å². The third-order valence-corrected chi connectivity index (χ3v) is 4.06. The lowest BCUT2D eigenvalue weighted by Gasteiger charge is -2.21. The van der Waals surface area contributed by atoms with Crippen LogP contribution in [-0.2, 0) is 11.0 Å². The molecule has 1 aliphatic heterocycles. The second-order valence-corrected chi connectivity index (χ2v) is 5.94. The molecular formula is C17H24ClF3N2O2. The first-order chi connectivity index (χ1) is 11.4. The monoisotopic (exact) mass is 380 g/mol. The second-order valence-electron chi connectivity index (χ2n) is 5.94. The third kappa shape index (κ3) is 6.74. The topological polar surface area (TPSA) is 50.4 Å². The standard InChI is InChI=1S/C17H23F3N2O2.ClH/c1-2-13(11-22-16(23)10-12-6-5-9-21-12)24-15-8-4-3-7-14(15)17(18,19)20;/h3-4,7-8,12-13,21H,2,5-6,9-11H2,1H3,(H,22,23);1H. The Balaban J connectivity index is 0.00000312. The minimum absolute atomic E-state index is 0. The second kappa shape index (κ2) is 9.87. The van der Waals surface area contributed by atoms with Crippen molar-refractivity contribution < 1.29 is 22.7 Å². The van der Waals surface area contributed by atoms with Gasteiger partial charge in [-0.1, -0.05) is 19.1 Å². The van der Waals surface area contributed by atoms with Gasteiger partial charge in [0.05, 0.1) is 12.1 Å². The van der Waals surface area contributed by atoms with E-state index in [0.717, 1.165) is 25.5 Å². The summed E-state index contributed by atoms with van der Waals surface area (Å²) < 4.78 is 44.5. The van der Waals surface area contributed by atoms with Crippen LogP contribution in [0.3, 0.4) is 0 Å². The van der Waals surface area contributed by atoms with Crippen LogP contribution in [0.15, 0.2) is 24.3 Å². The van der Waals surface area contributed by atoms with Crippen molar-refractivity contribution in [1.82, 2.24) is 10.6 Å². The Kier molecular flexibility index (Phi) is 8.52. The molecule has 4 nitrogen and oxygen atoms in total. The van der Waals surface area contributed by atoms with Crippen LogP contribution in [0, 0.1) is 0 Å². The number of alkyl halides is 3. The fourth-order valence-electron chi connectivity index (χ4n) is 2.71. The number of amides is 1. The number of carbonyl (C=O) groups is 1. The van der Waals surface area contributed by atoms with Gasteiger partial charge in [0.1, 0.15) is 11.9 Å². The van der Waals surface area contributed by atoms with Gasteiger partial charge in [0.15, 0.2) is 0 Å². The summed E-state index contributed by atoms with van der Waals surface area (Å²) in [6, 6.07) is 5.31. The summed E-state index contributed by atoms with van der Waals surface area (Å²) in [7, 11) is 0. The lowest BCUT2D eigenvalue weighted by Crippen LogP contribution is -2.38. The van der Waals surface area contributed by atoms with Gasteiger partial charge in [0, 0.05) is 12.5 Å². The molecule has 1 aromatic carbocycles. The van der Waals surface area contributed by atoms with Crippen LogP contribution in [0.1, 0.15) is 38.2 Å². The molecule has 1 saturated heterocycles. The lowest BCUT2D eigenvalue weighted by atomic mass is 10.1. The molecule has 2 atom stereocenters. The largest absolute Gasteiger partial charge is 0.488 e. The van der Waals surface area contributed by atoms with E-state index in [2.05, 4.69) is 10.6 Å². The van der Waals surface area contributed by atoms with Gasteiger partial charge in [0.2, 0.25) is 5.91 Å². The van der Waals surface area contributed by atoms with Gasteiger partial charge >= 0.3 is 6.18 Å². The normalized spacial score (nSPS) is 18.3. The highest BCUT2D eigenvalue weighted by Crippen LogP contribution is 2.36. The van der Waals surface area contributed by atoms with E-state index in [0.29, 0.717) is 12.8 Å². The molecule has 0 radical (unpaired) electrons. The number of nitrogens with one attached hydrogen (secondary N) is 2. The van der Waals surface area contributed by atoms with Gasteiger partial charge in [-0.3, -0.25) is 4.79 Å². The number of para-hydroxylation sites is 1. The fraction of sp³-hybridized carbons (Fsp3) is 0.588. The van der Waals surface area contributed by atoms with Crippen LogP contribution in [-0.4, -0.2) is 31.1 Å². The molecule has 0 aromatic heterocycles. The van der Waals surface area contributed by atoms with E-state index in [1.54, 1.807) is 0 Å². The van der Waals surface area contributed by atoms with Crippen molar-refractivity contribution in [2.75, 3.05) is 13.1 Å². The fourth-order valence-corrected chi connectivity index (χ4v) is 2.71. The van der Waals surface area contributed by atoms with Crippen LogP contribution < -0.4 is 15.4 Å². The molecule has 0 spiro atoms. The van der Waals surface area contributed by atoms with Gasteiger partial charge in [-0.2, -0.15) is 13.2 Å². The predicted molar refractivity (Wildman–Crippen MR) is 92.1 cm³/mol. The predicted octanol–water partition coefficient (Wildman–Crippen LogP) is 3.54. The molecule has 8 heteroatoms. The third-order valence-electron chi connectivity index (χ3n) is 4.06. The Bertz CT molecular complexity index is 549. The molecule has 1 amide bonds. The lowest BCUT2D eigenvalue weighted by molar-refractivity contribution is -0.139.